The second-order valence-electron chi connectivity index (χ2n) is 5.70. The van der Waals surface area contributed by atoms with Crippen LogP contribution in [-0.4, -0.2) is 30.0 Å². The molecular weight excluding hydrogens is 264 g/mol. The highest BCUT2D eigenvalue weighted by atomic mass is 16.5. The normalized spacial score (nSPS) is 16.2. The Hall–Kier alpha value is -2.02. The van der Waals surface area contributed by atoms with Gasteiger partial charge in [-0.05, 0) is 63.3 Å². The molecule has 0 saturated carbocycles. The molecule has 21 heavy (non-hydrogen) atoms. The molecule has 1 saturated heterocycles. The van der Waals surface area contributed by atoms with Crippen LogP contribution in [0.15, 0.2) is 12.1 Å². The van der Waals surface area contributed by atoms with Gasteiger partial charge in [-0.25, -0.2) is 0 Å². The van der Waals surface area contributed by atoms with E-state index in [0.717, 1.165) is 37.1 Å². The summed E-state index contributed by atoms with van der Waals surface area (Å²) in [5, 5.41) is 8.97. The van der Waals surface area contributed by atoms with E-state index in [1.165, 1.54) is 6.42 Å². The van der Waals surface area contributed by atoms with Crippen LogP contribution in [0.4, 0.5) is 0 Å². The molecule has 0 spiro atoms. The number of nitrogens with zero attached hydrogens (tertiary/aromatic N) is 2. The topological polar surface area (TPSA) is 53.3 Å². The third-order valence-corrected chi connectivity index (χ3v) is 3.90. The molecule has 4 heteroatoms. The lowest BCUT2D eigenvalue weighted by Gasteiger charge is -2.29. The summed E-state index contributed by atoms with van der Waals surface area (Å²) in [5.41, 5.74) is 2.40. The Morgan fingerprint density at radius 1 is 1.24 bits per heavy atom. The highest BCUT2D eigenvalue weighted by Crippen LogP contribution is 2.26. The molecule has 1 unspecified atom stereocenters. The summed E-state index contributed by atoms with van der Waals surface area (Å²) in [6.07, 6.45) is 2.86. The summed E-state index contributed by atoms with van der Waals surface area (Å²) in [5.74, 6) is 0.768. The Balaban J connectivity index is 2.10. The van der Waals surface area contributed by atoms with Crippen LogP contribution in [0.1, 0.15) is 42.9 Å². The van der Waals surface area contributed by atoms with Gasteiger partial charge in [0, 0.05) is 13.1 Å². The summed E-state index contributed by atoms with van der Waals surface area (Å²) in [7, 11) is 0. The third-order valence-electron chi connectivity index (χ3n) is 3.90. The molecule has 0 N–H and O–H groups in total. The van der Waals surface area contributed by atoms with Gasteiger partial charge in [-0.3, -0.25) is 4.79 Å². The summed E-state index contributed by atoms with van der Waals surface area (Å²) in [6.45, 7) is 7.27. The van der Waals surface area contributed by atoms with E-state index in [-0.39, 0.29) is 5.91 Å². The molecule has 0 aliphatic carbocycles. The standard InChI is InChI=1S/C17H22N2O2/c1-12-9-15(11-18)10-13(2)16(12)21-14(3)17(20)19-7-5-4-6-8-19/h9-10,14H,4-8H2,1-3H3. The molecule has 1 heterocycles. The van der Waals surface area contributed by atoms with Gasteiger partial charge in [0.15, 0.2) is 6.10 Å². The van der Waals surface area contributed by atoms with E-state index in [1.54, 1.807) is 19.1 Å². The van der Waals surface area contributed by atoms with E-state index in [9.17, 15) is 4.79 Å². The smallest absolute Gasteiger partial charge is 0.263 e. The number of carbonyl (C=O) groups is 1. The van der Waals surface area contributed by atoms with E-state index >= 15 is 0 Å². The molecule has 4 nitrogen and oxygen atoms in total. The van der Waals surface area contributed by atoms with Crippen LogP contribution >= 0.6 is 0 Å². The summed E-state index contributed by atoms with van der Waals surface area (Å²) in [6, 6.07) is 5.72. The molecule has 1 fully saturated rings. The molecule has 2 rings (SSSR count). The minimum Gasteiger partial charge on any atom is -0.480 e. The van der Waals surface area contributed by atoms with Crippen molar-refractivity contribution < 1.29 is 9.53 Å². The average molecular weight is 286 g/mol. The molecule has 0 radical (unpaired) electrons. The van der Waals surface area contributed by atoms with Crippen LogP contribution in [0, 0.1) is 25.2 Å². The molecule has 1 amide bonds. The van der Waals surface area contributed by atoms with E-state index < -0.39 is 6.10 Å². The minimum absolute atomic E-state index is 0.0536. The van der Waals surface area contributed by atoms with Crippen LogP contribution in [0.25, 0.3) is 0 Å². The first-order chi connectivity index (χ1) is 10.0. The van der Waals surface area contributed by atoms with Crippen molar-refractivity contribution in [2.45, 2.75) is 46.1 Å². The van der Waals surface area contributed by atoms with Crippen molar-refractivity contribution in [2.24, 2.45) is 0 Å². The number of ether oxygens (including phenoxy) is 1. The number of likely N-dealkylation sites (tertiary alicyclic amines) is 1. The predicted octanol–water partition coefficient (Wildman–Crippen LogP) is 2.95. The highest BCUT2D eigenvalue weighted by molar-refractivity contribution is 5.81. The van der Waals surface area contributed by atoms with Gasteiger partial charge in [0.05, 0.1) is 11.6 Å². The monoisotopic (exact) mass is 286 g/mol. The Morgan fingerprint density at radius 2 is 1.81 bits per heavy atom. The van der Waals surface area contributed by atoms with Crippen LogP contribution in [-0.2, 0) is 4.79 Å². The van der Waals surface area contributed by atoms with Crippen LogP contribution < -0.4 is 4.74 Å². The number of hydrogen-bond donors (Lipinski definition) is 0. The van der Waals surface area contributed by atoms with Crippen LogP contribution in [0.3, 0.4) is 0 Å². The lowest BCUT2D eigenvalue weighted by Crippen LogP contribution is -2.43. The summed E-state index contributed by atoms with van der Waals surface area (Å²) >= 11 is 0. The van der Waals surface area contributed by atoms with Crippen LogP contribution in [0.2, 0.25) is 0 Å². The zero-order chi connectivity index (χ0) is 15.4. The van der Waals surface area contributed by atoms with Gasteiger partial charge < -0.3 is 9.64 Å². The Labute approximate surface area is 126 Å². The van der Waals surface area contributed by atoms with Crippen molar-refractivity contribution in [1.29, 1.82) is 5.26 Å². The van der Waals surface area contributed by atoms with Gasteiger partial charge >= 0.3 is 0 Å². The molecule has 0 bridgehead atoms. The van der Waals surface area contributed by atoms with Gasteiger partial charge in [0.2, 0.25) is 0 Å². The Kier molecular flexibility index (Phi) is 4.85. The number of nitriles is 1. The van der Waals surface area contributed by atoms with Crippen molar-refractivity contribution in [3.05, 3.63) is 28.8 Å². The molecule has 1 aliphatic heterocycles. The zero-order valence-corrected chi connectivity index (χ0v) is 13.0. The first-order valence-corrected chi connectivity index (χ1v) is 7.49. The van der Waals surface area contributed by atoms with Gasteiger partial charge in [-0.15, -0.1) is 0 Å². The molecule has 0 aromatic heterocycles. The second kappa shape index (κ2) is 6.62. The number of benzene rings is 1. The average Bonchev–Trinajstić information content (AvgIpc) is 2.50. The first-order valence-electron chi connectivity index (χ1n) is 7.49. The number of aryl methyl sites for hydroxylation is 2. The number of carbonyl (C=O) groups excluding carboxylic acids is 1. The first kappa shape index (κ1) is 15.4. The van der Waals surface area contributed by atoms with Gasteiger partial charge in [0.25, 0.3) is 5.91 Å². The van der Waals surface area contributed by atoms with Crippen LogP contribution in [0.5, 0.6) is 5.75 Å². The van der Waals surface area contributed by atoms with Crippen molar-refractivity contribution in [2.75, 3.05) is 13.1 Å². The number of amides is 1. The molecule has 1 aromatic carbocycles. The fraction of sp³-hybridized carbons (Fsp3) is 0.529. The van der Waals surface area contributed by atoms with Crippen molar-refractivity contribution in [3.8, 4) is 11.8 Å². The SMILES string of the molecule is Cc1cc(C#N)cc(C)c1OC(C)C(=O)N1CCCCC1. The van der Waals surface area contributed by atoms with Gasteiger partial charge in [-0.2, -0.15) is 5.26 Å². The number of piperidine rings is 1. The molecule has 112 valence electrons. The lowest BCUT2D eigenvalue weighted by atomic mass is 10.1. The fourth-order valence-corrected chi connectivity index (χ4v) is 2.80. The Bertz CT molecular complexity index is 546. The van der Waals surface area contributed by atoms with Crippen molar-refractivity contribution in [3.63, 3.8) is 0 Å². The maximum Gasteiger partial charge on any atom is 0.263 e. The third kappa shape index (κ3) is 3.55. The predicted molar refractivity (Wildman–Crippen MR) is 81.2 cm³/mol. The largest absolute Gasteiger partial charge is 0.480 e. The molecule has 1 aromatic rings. The Morgan fingerprint density at radius 3 is 2.33 bits per heavy atom. The van der Waals surface area contributed by atoms with Crippen molar-refractivity contribution >= 4 is 5.91 Å². The van der Waals surface area contributed by atoms with E-state index in [2.05, 4.69) is 6.07 Å². The maximum absolute atomic E-state index is 12.4. The summed E-state index contributed by atoms with van der Waals surface area (Å²) in [4.78, 5) is 14.3. The van der Waals surface area contributed by atoms with E-state index in [1.807, 2.05) is 18.7 Å². The lowest BCUT2D eigenvalue weighted by molar-refractivity contribution is -0.138. The number of hydrogen-bond acceptors (Lipinski definition) is 3. The number of rotatable bonds is 3. The maximum atomic E-state index is 12.4. The second-order valence-corrected chi connectivity index (χ2v) is 5.70. The minimum atomic E-state index is -0.492. The highest BCUT2D eigenvalue weighted by Gasteiger charge is 2.24. The molecule has 1 aliphatic rings. The van der Waals surface area contributed by atoms with Gasteiger partial charge in [-0.1, -0.05) is 0 Å². The summed E-state index contributed by atoms with van der Waals surface area (Å²) < 4.78 is 5.89. The quantitative estimate of drug-likeness (QED) is 0.858. The molecule has 1 atom stereocenters. The van der Waals surface area contributed by atoms with E-state index in [0.29, 0.717) is 11.3 Å². The van der Waals surface area contributed by atoms with Crippen molar-refractivity contribution in [1.82, 2.24) is 4.90 Å². The van der Waals surface area contributed by atoms with Gasteiger partial charge in [0.1, 0.15) is 5.75 Å². The van der Waals surface area contributed by atoms with E-state index in [4.69, 9.17) is 10.00 Å². The fourth-order valence-electron chi connectivity index (χ4n) is 2.80. The molecular formula is C17H22N2O2. The zero-order valence-electron chi connectivity index (χ0n) is 13.0.